The van der Waals surface area contributed by atoms with Crippen LogP contribution in [0.15, 0.2) is 60.9 Å². The summed E-state index contributed by atoms with van der Waals surface area (Å²) in [6, 6.07) is 18.1. The minimum atomic E-state index is 0.356. The lowest BCUT2D eigenvalue weighted by atomic mass is 9.99. The Morgan fingerprint density at radius 3 is 2.60 bits per heavy atom. The normalized spacial score (nSPS) is 18.1. The summed E-state index contributed by atoms with van der Waals surface area (Å²) < 4.78 is 0. The van der Waals surface area contributed by atoms with E-state index in [0.717, 1.165) is 6.42 Å². The third-order valence-electron chi connectivity index (χ3n) is 5.85. The second-order valence-electron chi connectivity index (χ2n) is 7.29. The predicted molar refractivity (Wildman–Crippen MR) is 106 cm³/mol. The van der Waals surface area contributed by atoms with Crippen molar-refractivity contribution in [2.24, 2.45) is 0 Å². The molecule has 0 saturated heterocycles. The van der Waals surface area contributed by atoms with E-state index in [4.69, 9.17) is 0 Å². The highest BCUT2D eigenvalue weighted by Gasteiger charge is 2.26. The fraction of sp³-hybridized carbons (Fsp3) is 0.217. The van der Waals surface area contributed by atoms with Crippen molar-refractivity contribution in [3.63, 3.8) is 0 Å². The van der Waals surface area contributed by atoms with Gasteiger partial charge in [0.05, 0.1) is 0 Å². The van der Waals surface area contributed by atoms with E-state index in [1.54, 1.807) is 0 Å². The van der Waals surface area contributed by atoms with Gasteiger partial charge in [-0.15, -0.1) is 0 Å². The lowest BCUT2D eigenvalue weighted by Crippen LogP contribution is -2.33. The Labute approximate surface area is 149 Å². The molecule has 0 radical (unpaired) electrons. The molecular formula is C23H22N2. The molecular weight excluding hydrogens is 304 g/mol. The second-order valence-corrected chi connectivity index (χ2v) is 7.29. The fourth-order valence-electron chi connectivity index (χ4n) is 4.30. The molecule has 0 fully saturated rings. The van der Waals surface area contributed by atoms with Crippen molar-refractivity contribution >= 4 is 16.5 Å². The zero-order chi connectivity index (χ0) is 17.1. The van der Waals surface area contributed by atoms with Crippen LogP contribution in [0.3, 0.4) is 0 Å². The van der Waals surface area contributed by atoms with Crippen LogP contribution in [0.4, 0.5) is 5.69 Å². The van der Waals surface area contributed by atoms with E-state index in [0.29, 0.717) is 6.17 Å². The summed E-state index contributed by atoms with van der Waals surface area (Å²) in [6.45, 7) is 4.48. The Bertz CT molecular complexity index is 1030. The van der Waals surface area contributed by atoms with E-state index in [-0.39, 0.29) is 0 Å². The zero-order valence-corrected chi connectivity index (χ0v) is 15.0. The van der Waals surface area contributed by atoms with Crippen molar-refractivity contribution in [3.8, 4) is 11.1 Å². The van der Waals surface area contributed by atoms with Gasteiger partial charge >= 0.3 is 0 Å². The number of hydrogen-bond donors (Lipinski definition) is 0. The average molecular weight is 326 g/mol. The number of benzene rings is 3. The van der Waals surface area contributed by atoms with Gasteiger partial charge < -0.3 is 9.80 Å². The second kappa shape index (κ2) is 5.13. The third-order valence-corrected chi connectivity index (χ3v) is 5.85. The van der Waals surface area contributed by atoms with Gasteiger partial charge in [-0.3, -0.25) is 0 Å². The van der Waals surface area contributed by atoms with Gasteiger partial charge in [0.1, 0.15) is 6.17 Å². The van der Waals surface area contributed by atoms with Crippen molar-refractivity contribution in [1.82, 2.24) is 4.90 Å². The quantitative estimate of drug-likeness (QED) is 0.469. The molecule has 0 unspecified atom stereocenters. The summed E-state index contributed by atoms with van der Waals surface area (Å²) in [5, 5.41) is 2.73. The molecule has 2 aliphatic rings. The Hall–Kier alpha value is -2.74. The van der Waals surface area contributed by atoms with E-state index in [1.807, 2.05) is 0 Å². The highest BCUT2D eigenvalue weighted by molar-refractivity contribution is 5.96. The molecule has 0 amide bonds. The highest BCUT2D eigenvalue weighted by Crippen LogP contribution is 2.43. The molecule has 5 rings (SSSR count). The first-order valence-electron chi connectivity index (χ1n) is 8.96. The van der Waals surface area contributed by atoms with E-state index in [2.05, 4.69) is 91.6 Å². The molecule has 0 spiro atoms. The van der Waals surface area contributed by atoms with Crippen LogP contribution < -0.4 is 4.90 Å². The predicted octanol–water partition coefficient (Wildman–Crippen LogP) is 5.29. The molecule has 1 aliphatic carbocycles. The Morgan fingerprint density at radius 1 is 0.960 bits per heavy atom. The van der Waals surface area contributed by atoms with E-state index in [1.165, 1.54) is 44.3 Å². The van der Waals surface area contributed by atoms with Gasteiger partial charge in [-0.05, 0) is 64.9 Å². The van der Waals surface area contributed by atoms with Crippen LogP contribution >= 0.6 is 0 Å². The van der Waals surface area contributed by atoms with Crippen LogP contribution in [0, 0.1) is 6.92 Å². The van der Waals surface area contributed by atoms with Gasteiger partial charge in [0.2, 0.25) is 0 Å². The molecule has 1 aliphatic heterocycles. The Kier molecular flexibility index (Phi) is 2.99. The summed E-state index contributed by atoms with van der Waals surface area (Å²) in [5.74, 6) is 0. The van der Waals surface area contributed by atoms with E-state index in [9.17, 15) is 0 Å². The third kappa shape index (κ3) is 2.03. The Morgan fingerprint density at radius 2 is 1.80 bits per heavy atom. The average Bonchev–Trinajstić information content (AvgIpc) is 3.14. The van der Waals surface area contributed by atoms with Crippen LogP contribution in [0.2, 0.25) is 0 Å². The summed E-state index contributed by atoms with van der Waals surface area (Å²) >= 11 is 0. The van der Waals surface area contributed by atoms with Gasteiger partial charge in [0, 0.05) is 25.1 Å². The number of fused-ring (bicyclic) bond motifs is 5. The molecule has 3 aromatic rings. The lowest BCUT2D eigenvalue weighted by Gasteiger charge is -2.29. The van der Waals surface area contributed by atoms with Gasteiger partial charge in [-0.2, -0.15) is 0 Å². The first-order chi connectivity index (χ1) is 12.1. The summed E-state index contributed by atoms with van der Waals surface area (Å²) in [7, 11) is 2.13. The maximum atomic E-state index is 2.39. The van der Waals surface area contributed by atoms with Crippen LogP contribution in [0.5, 0.6) is 0 Å². The first kappa shape index (κ1) is 14.6. The van der Waals surface area contributed by atoms with Crippen molar-refractivity contribution in [2.45, 2.75) is 26.4 Å². The molecule has 2 heteroatoms. The van der Waals surface area contributed by atoms with Crippen LogP contribution in [0.1, 0.15) is 23.6 Å². The number of rotatable bonds is 1. The summed E-state index contributed by atoms with van der Waals surface area (Å²) in [4.78, 5) is 4.61. The van der Waals surface area contributed by atoms with Gasteiger partial charge in [-0.1, -0.05) is 42.5 Å². The van der Waals surface area contributed by atoms with Gasteiger partial charge in [0.15, 0.2) is 0 Å². The maximum Gasteiger partial charge on any atom is 0.102 e. The minimum Gasteiger partial charge on any atom is -0.359 e. The van der Waals surface area contributed by atoms with Crippen molar-refractivity contribution in [1.29, 1.82) is 0 Å². The molecule has 0 aromatic heterocycles. The summed E-state index contributed by atoms with van der Waals surface area (Å²) in [6.07, 6.45) is 5.74. The van der Waals surface area contributed by atoms with E-state index < -0.39 is 0 Å². The standard InChI is InChI=1S/C23H22N2/c1-15-12-18-13-22-19-7-5-4-6-17(19)8-9-20(22)21(18)14-23(15)25-11-10-24(3)16(25)2/h4-12,14,16H,13H2,1-3H3/t16-/m0/s1. The van der Waals surface area contributed by atoms with Crippen LogP contribution in [0.25, 0.3) is 21.9 Å². The molecule has 0 bridgehead atoms. The summed E-state index contributed by atoms with van der Waals surface area (Å²) in [5.41, 5.74) is 8.40. The topological polar surface area (TPSA) is 6.48 Å². The fourth-order valence-corrected chi connectivity index (χ4v) is 4.30. The van der Waals surface area contributed by atoms with Gasteiger partial charge in [-0.25, -0.2) is 0 Å². The molecule has 2 nitrogen and oxygen atoms in total. The molecule has 124 valence electrons. The van der Waals surface area contributed by atoms with Crippen molar-refractivity contribution in [2.75, 3.05) is 11.9 Å². The molecule has 3 aromatic carbocycles. The van der Waals surface area contributed by atoms with E-state index >= 15 is 0 Å². The largest absolute Gasteiger partial charge is 0.359 e. The van der Waals surface area contributed by atoms with Gasteiger partial charge in [0.25, 0.3) is 0 Å². The highest BCUT2D eigenvalue weighted by atomic mass is 15.4. The number of anilines is 1. The zero-order valence-electron chi connectivity index (χ0n) is 15.0. The van der Waals surface area contributed by atoms with Crippen molar-refractivity contribution < 1.29 is 0 Å². The van der Waals surface area contributed by atoms with Crippen LogP contribution in [-0.2, 0) is 6.42 Å². The smallest absolute Gasteiger partial charge is 0.102 e. The number of nitrogens with zero attached hydrogens (tertiary/aromatic N) is 2. The molecule has 25 heavy (non-hydrogen) atoms. The SMILES string of the molecule is Cc1cc2c(cc1N1C=CN(C)[C@@H]1C)-c1ccc3ccccc3c1C2. The van der Waals surface area contributed by atoms with Crippen molar-refractivity contribution in [3.05, 3.63) is 77.6 Å². The molecule has 0 saturated carbocycles. The monoisotopic (exact) mass is 326 g/mol. The minimum absolute atomic E-state index is 0.356. The first-order valence-corrected chi connectivity index (χ1v) is 8.96. The Balaban J connectivity index is 1.68. The molecule has 1 atom stereocenters. The van der Waals surface area contributed by atoms with Crippen LogP contribution in [-0.4, -0.2) is 18.1 Å². The molecule has 1 heterocycles. The maximum absolute atomic E-state index is 2.39. The number of hydrogen-bond acceptors (Lipinski definition) is 2. The lowest BCUT2D eigenvalue weighted by molar-refractivity contribution is 0.383. The molecule has 0 N–H and O–H groups in total. The number of aryl methyl sites for hydroxylation is 1.